The van der Waals surface area contributed by atoms with Gasteiger partial charge in [-0.2, -0.15) is 5.10 Å². The molecule has 2 rings (SSSR count). The van der Waals surface area contributed by atoms with Gasteiger partial charge in [0, 0.05) is 6.54 Å². The van der Waals surface area contributed by atoms with E-state index in [1.54, 1.807) is 7.11 Å². The predicted molar refractivity (Wildman–Crippen MR) is 76.3 cm³/mol. The first-order chi connectivity index (χ1) is 9.19. The van der Waals surface area contributed by atoms with Crippen LogP contribution in [-0.2, 0) is 13.0 Å². The van der Waals surface area contributed by atoms with E-state index in [0.717, 1.165) is 35.7 Å². The molecule has 0 spiro atoms. The van der Waals surface area contributed by atoms with Crippen molar-refractivity contribution in [1.29, 1.82) is 0 Å². The first-order valence-electron chi connectivity index (χ1n) is 6.65. The molecule has 4 nitrogen and oxygen atoms in total. The van der Waals surface area contributed by atoms with Gasteiger partial charge < -0.3 is 10.5 Å². The molecule has 1 unspecified atom stereocenters. The topological polar surface area (TPSA) is 53.1 Å². The average molecular weight is 259 g/mol. The second kappa shape index (κ2) is 5.89. The first kappa shape index (κ1) is 13.6. The van der Waals surface area contributed by atoms with Crippen molar-refractivity contribution in [2.45, 2.75) is 32.9 Å². The zero-order chi connectivity index (χ0) is 13.8. The molecule has 1 aromatic carbocycles. The second-order valence-electron chi connectivity index (χ2n) is 4.48. The van der Waals surface area contributed by atoms with Gasteiger partial charge in [-0.05, 0) is 37.1 Å². The molecule has 0 bridgehead atoms. The minimum absolute atomic E-state index is 0.178. The number of hydrogen-bond acceptors (Lipinski definition) is 3. The van der Waals surface area contributed by atoms with E-state index in [0.29, 0.717) is 0 Å². The molecule has 2 N–H and O–H groups in total. The van der Waals surface area contributed by atoms with E-state index in [1.165, 1.54) is 0 Å². The van der Waals surface area contributed by atoms with Crippen molar-refractivity contribution in [3.8, 4) is 5.75 Å². The lowest BCUT2D eigenvalue weighted by Gasteiger charge is -2.14. The molecule has 0 radical (unpaired) electrons. The van der Waals surface area contributed by atoms with Crippen molar-refractivity contribution in [3.63, 3.8) is 0 Å². The Morgan fingerprint density at radius 3 is 2.74 bits per heavy atom. The highest BCUT2D eigenvalue weighted by Crippen LogP contribution is 2.24. The van der Waals surface area contributed by atoms with Gasteiger partial charge in [0.25, 0.3) is 0 Å². The summed E-state index contributed by atoms with van der Waals surface area (Å²) >= 11 is 0. The molecule has 1 atom stereocenters. The molecule has 0 aliphatic carbocycles. The Morgan fingerprint density at radius 1 is 1.32 bits per heavy atom. The van der Waals surface area contributed by atoms with Crippen LogP contribution < -0.4 is 10.5 Å². The standard InChI is InChI=1S/C15H21N3O/c1-4-12-10-14(18(5-2)17-12)15(16)11-7-6-8-13(9-11)19-3/h6-10,15H,4-5,16H2,1-3H3. The Labute approximate surface area is 114 Å². The Balaban J connectivity index is 2.36. The van der Waals surface area contributed by atoms with E-state index >= 15 is 0 Å². The van der Waals surface area contributed by atoms with Crippen LogP contribution in [0.15, 0.2) is 30.3 Å². The smallest absolute Gasteiger partial charge is 0.119 e. The fourth-order valence-electron chi connectivity index (χ4n) is 2.17. The molecule has 19 heavy (non-hydrogen) atoms. The van der Waals surface area contributed by atoms with Crippen LogP contribution in [-0.4, -0.2) is 16.9 Å². The summed E-state index contributed by atoms with van der Waals surface area (Å²) in [5, 5.41) is 4.54. The van der Waals surface area contributed by atoms with Gasteiger partial charge in [-0.15, -0.1) is 0 Å². The molecule has 2 aromatic rings. The Bertz CT molecular complexity index is 548. The normalized spacial score (nSPS) is 12.4. The van der Waals surface area contributed by atoms with Crippen LogP contribution in [0.3, 0.4) is 0 Å². The minimum atomic E-state index is -0.178. The maximum atomic E-state index is 6.37. The number of nitrogens with two attached hydrogens (primary N) is 1. The van der Waals surface area contributed by atoms with Gasteiger partial charge in [0.1, 0.15) is 5.75 Å². The molecule has 0 saturated carbocycles. The third kappa shape index (κ3) is 2.79. The van der Waals surface area contributed by atoms with Gasteiger partial charge >= 0.3 is 0 Å². The van der Waals surface area contributed by atoms with Crippen LogP contribution in [0.2, 0.25) is 0 Å². The highest BCUT2D eigenvalue weighted by molar-refractivity contribution is 5.34. The number of rotatable bonds is 5. The molecule has 1 aromatic heterocycles. The number of methoxy groups -OCH3 is 1. The largest absolute Gasteiger partial charge is 0.497 e. The molecule has 1 heterocycles. The quantitative estimate of drug-likeness (QED) is 0.897. The summed E-state index contributed by atoms with van der Waals surface area (Å²) in [4.78, 5) is 0. The van der Waals surface area contributed by atoms with Gasteiger partial charge in [-0.1, -0.05) is 19.1 Å². The number of ether oxygens (including phenoxy) is 1. The Hall–Kier alpha value is -1.81. The van der Waals surface area contributed by atoms with Crippen LogP contribution in [0.25, 0.3) is 0 Å². The van der Waals surface area contributed by atoms with Crippen molar-refractivity contribution in [2.75, 3.05) is 7.11 Å². The fraction of sp³-hybridized carbons (Fsp3) is 0.400. The van der Waals surface area contributed by atoms with Gasteiger partial charge in [0.2, 0.25) is 0 Å². The molecular weight excluding hydrogens is 238 g/mol. The second-order valence-corrected chi connectivity index (χ2v) is 4.48. The molecular formula is C15H21N3O. The van der Waals surface area contributed by atoms with E-state index in [9.17, 15) is 0 Å². The van der Waals surface area contributed by atoms with Crippen LogP contribution in [0.5, 0.6) is 5.75 Å². The van der Waals surface area contributed by atoms with Crippen molar-refractivity contribution in [3.05, 3.63) is 47.3 Å². The van der Waals surface area contributed by atoms with Crippen molar-refractivity contribution >= 4 is 0 Å². The molecule has 102 valence electrons. The lowest BCUT2D eigenvalue weighted by atomic mass is 10.0. The number of hydrogen-bond donors (Lipinski definition) is 1. The SMILES string of the molecule is CCc1cc(C(N)c2cccc(OC)c2)n(CC)n1. The van der Waals surface area contributed by atoms with Crippen LogP contribution in [0, 0.1) is 0 Å². The lowest BCUT2D eigenvalue weighted by molar-refractivity contribution is 0.414. The van der Waals surface area contributed by atoms with Crippen LogP contribution in [0.4, 0.5) is 0 Å². The maximum Gasteiger partial charge on any atom is 0.119 e. The fourth-order valence-corrected chi connectivity index (χ4v) is 2.17. The lowest BCUT2D eigenvalue weighted by Crippen LogP contribution is -2.17. The molecule has 0 saturated heterocycles. The van der Waals surface area contributed by atoms with Gasteiger partial charge in [-0.25, -0.2) is 0 Å². The summed E-state index contributed by atoms with van der Waals surface area (Å²) in [6.45, 7) is 5.00. The summed E-state index contributed by atoms with van der Waals surface area (Å²) in [7, 11) is 1.66. The Morgan fingerprint density at radius 2 is 2.11 bits per heavy atom. The third-order valence-corrected chi connectivity index (χ3v) is 3.30. The maximum absolute atomic E-state index is 6.37. The predicted octanol–water partition coefficient (Wildman–Crippen LogP) is 2.52. The van der Waals surface area contributed by atoms with Crippen molar-refractivity contribution < 1.29 is 4.74 Å². The van der Waals surface area contributed by atoms with E-state index < -0.39 is 0 Å². The third-order valence-electron chi connectivity index (χ3n) is 3.30. The number of benzene rings is 1. The van der Waals surface area contributed by atoms with Crippen molar-refractivity contribution in [2.24, 2.45) is 5.73 Å². The molecule has 0 amide bonds. The van der Waals surface area contributed by atoms with Crippen molar-refractivity contribution in [1.82, 2.24) is 9.78 Å². The van der Waals surface area contributed by atoms with E-state index in [4.69, 9.17) is 10.5 Å². The van der Waals surface area contributed by atoms with Gasteiger partial charge in [0.15, 0.2) is 0 Å². The first-order valence-corrected chi connectivity index (χ1v) is 6.65. The summed E-state index contributed by atoms with van der Waals surface area (Å²) in [6, 6.07) is 9.79. The molecule has 0 fully saturated rings. The minimum Gasteiger partial charge on any atom is -0.497 e. The van der Waals surface area contributed by atoms with E-state index in [1.807, 2.05) is 28.9 Å². The molecule has 0 aliphatic heterocycles. The summed E-state index contributed by atoms with van der Waals surface area (Å²) < 4.78 is 7.22. The zero-order valence-corrected chi connectivity index (χ0v) is 11.8. The summed E-state index contributed by atoms with van der Waals surface area (Å²) in [5.74, 6) is 0.825. The van der Waals surface area contributed by atoms with Gasteiger partial charge in [-0.3, -0.25) is 4.68 Å². The van der Waals surface area contributed by atoms with Crippen LogP contribution >= 0.6 is 0 Å². The van der Waals surface area contributed by atoms with Gasteiger partial charge in [0.05, 0.1) is 24.5 Å². The summed E-state index contributed by atoms with van der Waals surface area (Å²) in [5.41, 5.74) is 9.53. The highest BCUT2D eigenvalue weighted by atomic mass is 16.5. The zero-order valence-electron chi connectivity index (χ0n) is 11.8. The monoisotopic (exact) mass is 259 g/mol. The molecule has 0 aliphatic rings. The Kier molecular flexibility index (Phi) is 4.22. The van der Waals surface area contributed by atoms with Crippen LogP contribution in [0.1, 0.15) is 36.8 Å². The molecule has 4 heteroatoms. The summed E-state index contributed by atoms with van der Waals surface area (Å²) in [6.07, 6.45) is 0.921. The highest BCUT2D eigenvalue weighted by Gasteiger charge is 2.16. The number of nitrogens with zero attached hydrogens (tertiary/aromatic N) is 2. The number of aryl methyl sites for hydroxylation is 2. The van der Waals surface area contributed by atoms with E-state index in [-0.39, 0.29) is 6.04 Å². The van der Waals surface area contributed by atoms with E-state index in [2.05, 4.69) is 25.0 Å². The number of aromatic nitrogens is 2. The average Bonchev–Trinajstić information content (AvgIpc) is 2.89.